The summed E-state index contributed by atoms with van der Waals surface area (Å²) in [5.74, 6) is -0.128. The van der Waals surface area contributed by atoms with E-state index in [1.54, 1.807) is 18.5 Å². The first kappa shape index (κ1) is 14.0. The molecule has 0 aliphatic rings. The fraction of sp³-hybridized carbons (Fsp3) is 0.267. The lowest BCUT2D eigenvalue weighted by Crippen LogP contribution is -2.20. The maximum absolute atomic E-state index is 11.8. The minimum absolute atomic E-state index is 0.128. The molecular formula is C15H18N4O. The lowest BCUT2D eigenvalue weighted by Gasteiger charge is -2.01. The molecule has 2 aromatic rings. The van der Waals surface area contributed by atoms with E-state index in [1.165, 1.54) is 6.08 Å². The predicted octanol–water partition coefficient (Wildman–Crippen LogP) is 1.76. The summed E-state index contributed by atoms with van der Waals surface area (Å²) < 4.78 is 1.81. The highest BCUT2D eigenvalue weighted by molar-refractivity contribution is 5.91. The van der Waals surface area contributed by atoms with Crippen LogP contribution in [0.1, 0.15) is 22.5 Å². The number of nitrogens with one attached hydrogen (secondary N) is 1. The minimum Gasteiger partial charge on any atom is -0.348 e. The van der Waals surface area contributed by atoms with Crippen molar-refractivity contribution in [2.75, 3.05) is 0 Å². The van der Waals surface area contributed by atoms with Crippen LogP contribution in [0.15, 0.2) is 30.6 Å². The number of hydrogen-bond acceptors (Lipinski definition) is 3. The highest BCUT2D eigenvalue weighted by atomic mass is 16.1. The number of aryl methyl sites for hydroxylation is 2. The maximum atomic E-state index is 11.8. The third-order valence-electron chi connectivity index (χ3n) is 3.16. The number of pyridine rings is 1. The van der Waals surface area contributed by atoms with Crippen LogP contribution in [0.3, 0.4) is 0 Å². The van der Waals surface area contributed by atoms with Gasteiger partial charge < -0.3 is 5.32 Å². The molecule has 0 aliphatic heterocycles. The van der Waals surface area contributed by atoms with Crippen LogP contribution in [-0.4, -0.2) is 20.7 Å². The van der Waals surface area contributed by atoms with E-state index >= 15 is 0 Å². The molecule has 1 amide bonds. The van der Waals surface area contributed by atoms with E-state index in [1.807, 2.05) is 37.7 Å². The Bertz CT molecular complexity index is 629. The molecule has 0 fully saturated rings. The fourth-order valence-corrected chi connectivity index (χ4v) is 1.94. The van der Waals surface area contributed by atoms with Crippen LogP contribution in [-0.2, 0) is 18.4 Å². The van der Waals surface area contributed by atoms with Crippen LogP contribution in [0.25, 0.3) is 6.08 Å². The Morgan fingerprint density at radius 1 is 1.45 bits per heavy atom. The zero-order chi connectivity index (χ0) is 14.5. The zero-order valence-corrected chi connectivity index (χ0v) is 11.9. The molecule has 0 unspecified atom stereocenters. The molecule has 1 N–H and O–H groups in total. The van der Waals surface area contributed by atoms with Gasteiger partial charge in [-0.05, 0) is 31.6 Å². The SMILES string of the molecule is Cc1nn(C)c(C)c1C=CC(=O)NCc1cccnc1. The second kappa shape index (κ2) is 6.14. The molecule has 0 bridgehead atoms. The van der Waals surface area contributed by atoms with Crippen LogP contribution >= 0.6 is 0 Å². The predicted molar refractivity (Wildman–Crippen MR) is 77.8 cm³/mol. The first-order chi connectivity index (χ1) is 9.58. The summed E-state index contributed by atoms with van der Waals surface area (Å²) in [6.07, 6.45) is 6.78. The smallest absolute Gasteiger partial charge is 0.244 e. The first-order valence-electron chi connectivity index (χ1n) is 6.43. The second-order valence-electron chi connectivity index (χ2n) is 4.62. The summed E-state index contributed by atoms with van der Waals surface area (Å²) in [7, 11) is 1.89. The molecule has 5 heteroatoms. The Labute approximate surface area is 118 Å². The van der Waals surface area contributed by atoms with E-state index in [0.29, 0.717) is 6.54 Å². The molecular weight excluding hydrogens is 252 g/mol. The quantitative estimate of drug-likeness (QED) is 0.861. The van der Waals surface area contributed by atoms with E-state index < -0.39 is 0 Å². The number of aromatic nitrogens is 3. The summed E-state index contributed by atoms with van der Waals surface area (Å²) >= 11 is 0. The van der Waals surface area contributed by atoms with E-state index in [-0.39, 0.29) is 5.91 Å². The van der Waals surface area contributed by atoms with Crippen molar-refractivity contribution in [3.8, 4) is 0 Å². The van der Waals surface area contributed by atoms with E-state index in [4.69, 9.17) is 0 Å². The molecule has 104 valence electrons. The van der Waals surface area contributed by atoms with Gasteiger partial charge in [-0.2, -0.15) is 5.10 Å². The van der Waals surface area contributed by atoms with E-state index in [0.717, 1.165) is 22.5 Å². The average Bonchev–Trinajstić information content (AvgIpc) is 2.69. The molecule has 0 radical (unpaired) electrons. The standard InChI is InChI=1S/C15H18N4O/c1-11-14(12(2)19(3)18-11)6-7-15(20)17-10-13-5-4-8-16-9-13/h4-9H,10H2,1-3H3,(H,17,20). The van der Waals surface area contributed by atoms with Crippen molar-refractivity contribution in [3.05, 3.63) is 53.1 Å². The summed E-state index contributed by atoms with van der Waals surface area (Å²) in [6, 6.07) is 3.77. The van der Waals surface area contributed by atoms with Gasteiger partial charge in [0.15, 0.2) is 0 Å². The molecule has 20 heavy (non-hydrogen) atoms. The number of carbonyl (C=O) groups excluding carboxylic acids is 1. The van der Waals surface area contributed by atoms with Gasteiger partial charge in [0.25, 0.3) is 0 Å². The Morgan fingerprint density at radius 3 is 2.85 bits per heavy atom. The summed E-state index contributed by atoms with van der Waals surface area (Å²) in [6.45, 7) is 4.38. The number of carbonyl (C=O) groups is 1. The summed E-state index contributed by atoms with van der Waals surface area (Å²) in [5, 5.41) is 7.13. The van der Waals surface area contributed by atoms with Crippen molar-refractivity contribution in [2.24, 2.45) is 7.05 Å². The lowest BCUT2D eigenvalue weighted by molar-refractivity contribution is -0.116. The van der Waals surface area contributed by atoms with Gasteiger partial charge in [-0.15, -0.1) is 0 Å². The largest absolute Gasteiger partial charge is 0.348 e. The highest BCUT2D eigenvalue weighted by Crippen LogP contribution is 2.13. The summed E-state index contributed by atoms with van der Waals surface area (Å²) in [4.78, 5) is 15.8. The van der Waals surface area contributed by atoms with Crippen LogP contribution in [0.2, 0.25) is 0 Å². The number of rotatable bonds is 4. The molecule has 2 rings (SSSR count). The van der Waals surface area contributed by atoms with Crippen molar-refractivity contribution in [2.45, 2.75) is 20.4 Å². The van der Waals surface area contributed by atoms with E-state index in [2.05, 4.69) is 15.4 Å². The van der Waals surface area contributed by atoms with Gasteiger partial charge in [-0.1, -0.05) is 6.07 Å². The van der Waals surface area contributed by atoms with Crippen LogP contribution in [0, 0.1) is 13.8 Å². The van der Waals surface area contributed by atoms with Crippen LogP contribution < -0.4 is 5.32 Å². The topological polar surface area (TPSA) is 59.8 Å². The van der Waals surface area contributed by atoms with Gasteiger partial charge in [-0.3, -0.25) is 14.5 Å². The van der Waals surface area contributed by atoms with Gasteiger partial charge >= 0.3 is 0 Å². The Kier molecular flexibility index (Phi) is 4.30. The highest BCUT2D eigenvalue weighted by Gasteiger charge is 2.06. The van der Waals surface area contributed by atoms with Crippen LogP contribution in [0.5, 0.6) is 0 Å². The van der Waals surface area contributed by atoms with Crippen molar-refractivity contribution in [3.63, 3.8) is 0 Å². The zero-order valence-electron chi connectivity index (χ0n) is 11.9. The van der Waals surface area contributed by atoms with Gasteiger partial charge in [0, 0.05) is 43.3 Å². The van der Waals surface area contributed by atoms with Crippen molar-refractivity contribution >= 4 is 12.0 Å². The van der Waals surface area contributed by atoms with E-state index in [9.17, 15) is 4.79 Å². The Hall–Kier alpha value is -2.43. The lowest BCUT2D eigenvalue weighted by atomic mass is 10.2. The monoisotopic (exact) mass is 270 g/mol. The molecule has 2 heterocycles. The molecule has 0 saturated heterocycles. The molecule has 0 spiro atoms. The molecule has 0 saturated carbocycles. The maximum Gasteiger partial charge on any atom is 0.244 e. The number of nitrogens with zero attached hydrogens (tertiary/aromatic N) is 3. The molecule has 0 atom stereocenters. The average molecular weight is 270 g/mol. The Morgan fingerprint density at radius 2 is 2.25 bits per heavy atom. The van der Waals surface area contributed by atoms with Crippen LogP contribution in [0.4, 0.5) is 0 Å². The Balaban J connectivity index is 1.96. The van der Waals surface area contributed by atoms with Gasteiger partial charge in [0.05, 0.1) is 5.69 Å². The molecule has 0 aromatic carbocycles. The first-order valence-corrected chi connectivity index (χ1v) is 6.43. The van der Waals surface area contributed by atoms with Gasteiger partial charge in [-0.25, -0.2) is 0 Å². The third-order valence-corrected chi connectivity index (χ3v) is 3.16. The second-order valence-corrected chi connectivity index (χ2v) is 4.62. The normalized spacial score (nSPS) is 10.9. The van der Waals surface area contributed by atoms with Gasteiger partial charge in [0.2, 0.25) is 5.91 Å². The van der Waals surface area contributed by atoms with Crippen molar-refractivity contribution < 1.29 is 4.79 Å². The van der Waals surface area contributed by atoms with Gasteiger partial charge in [0.1, 0.15) is 0 Å². The minimum atomic E-state index is -0.128. The fourth-order valence-electron chi connectivity index (χ4n) is 1.94. The number of hydrogen-bond donors (Lipinski definition) is 1. The molecule has 0 aliphatic carbocycles. The van der Waals surface area contributed by atoms with Crippen molar-refractivity contribution in [1.29, 1.82) is 0 Å². The van der Waals surface area contributed by atoms with Crippen molar-refractivity contribution in [1.82, 2.24) is 20.1 Å². The third kappa shape index (κ3) is 3.32. The molecule has 2 aromatic heterocycles. The number of amides is 1. The summed E-state index contributed by atoms with van der Waals surface area (Å²) in [5.41, 5.74) is 3.92. The molecule has 5 nitrogen and oxygen atoms in total.